The second kappa shape index (κ2) is 6.34. The second-order valence-electron chi connectivity index (χ2n) is 4.45. The van der Waals surface area contributed by atoms with Gasteiger partial charge in [-0.15, -0.1) is 0 Å². The summed E-state index contributed by atoms with van der Waals surface area (Å²) >= 11 is 0. The van der Waals surface area contributed by atoms with Crippen LogP contribution in [0, 0.1) is 5.82 Å². The molecular weight excluding hydrogens is 243 g/mol. The van der Waals surface area contributed by atoms with Crippen LogP contribution >= 0.6 is 0 Å². The fraction of sp³-hybridized carbons (Fsp3) is 0.250. The highest BCUT2D eigenvalue weighted by Gasteiger charge is 2.15. The molecule has 0 radical (unpaired) electrons. The van der Waals surface area contributed by atoms with E-state index in [0.29, 0.717) is 12.0 Å². The average Bonchev–Trinajstić information content (AvgIpc) is 2.46. The van der Waals surface area contributed by atoms with Crippen molar-refractivity contribution in [2.45, 2.75) is 12.3 Å². The van der Waals surface area contributed by atoms with Crippen LogP contribution < -0.4 is 4.74 Å². The highest BCUT2D eigenvalue weighted by atomic mass is 19.1. The van der Waals surface area contributed by atoms with Crippen molar-refractivity contribution in [3.8, 4) is 5.75 Å². The van der Waals surface area contributed by atoms with Gasteiger partial charge in [0, 0.05) is 5.92 Å². The Balaban J connectivity index is 2.17. The van der Waals surface area contributed by atoms with E-state index < -0.39 is 0 Å². The Hall–Kier alpha value is -1.87. The Morgan fingerprint density at radius 1 is 1.11 bits per heavy atom. The first-order valence-corrected chi connectivity index (χ1v) is 6.23. The molecule has 2 aromatic carbocycles. The van der Waals surface area contributed by atoms with Gasteiger partial charge in [-0.05, 0) is 35.7 Å². The van der Waals surface area contributed by atoms with Gasteiger partial charge in [-0.3, -0.25) is 0 Å². The molecule has 0 aliphatic rings. The third-order valence-corrected chi connectivity index (χ3v) is 3.21. The Labute approximate surface area is 112 Å². The molecule has 0 amide bonds. The monoisotopic (exact) mass is 260 g/mol. The third kappa shape index (κ3) is 3.32. The molecule has 2 aromatic rings. The van der Waals surface area contributed by atoms with E-state index in [0.717, 1.165) is 11.3 Å². The summed E-state index contributed by atoms with van der Waals surface area (Å²) in [6.07, 6.45) is 0.599. The predicted molar refractivity (Wildman–Crippen MR) is 72.9 cm³/mol. The molecule has 0 saturated heterocycles. The van der Waals surface area contributed by atoms with Crippen LogP contribution in [0.2, 0.25) is 0 Å². The van der Waals surface area contributed by atoms with E-state index in [1.807, 2.05) is 24.3 Å². The lowest BCUT2D eigenvalue weighted by atomic mass is 9.92. The van der Waals surface area contributed by atoms with Crippen LogP contribution in [0.1, 0.15) is 17.0 Å². The van der Waals surface area contributed by atoms with Gasteiger partial charge in [-0.2, -0.15) is 0 Å². The fourth-order valence-corrected chi connectivity index (χ4v) is 2.13. The summed E-state index contributed by atoms with van der Waals surface area (Å²) in [5, 5.41) is 9.47. The Morgan fingerprint density at radius 3 is 2.37 bits per heavy atom. The molecule has 0 heterocycles. The SMILES string of the molecule is COc1ccc(CC(CO)c2ccccc2F)cc1. The van der Waals surface area contributed by atoms with Crippen molar-refractivity contribution in [3.05, 3.63) is 65.5 Å². The largest absolute Gasteiger partial charge is 0.497 e. The average molecular weight is 260 g/mol. The lowest BCUT2D eigenvalue weighted by molar-refractivity contribution is 0.261. The second-order valence-corrected chi connectivity index (χ2v) is 4.45. The van der Waals surface area contributed by atoms with E-state index in [1.54, 1.807) is 25.3 Å². The molecule has 1 N–H and O–H groups in total. The maximum atomic E-state index is 13.7. The van der Waals surface area contributed by atoms with Gasteiger partial charge in [0.25, 0.3) is 0 Å². The van der Waals surface area contributed by atoms with Crippen LogP contribution in [-0.4, -0.2) is 18.8 Å². The number of halogens is 1. The topological polar surface area (TPSA) is 29.5 Å². The standard InChI is InChI=1S/C16H17FO2/c1-19-14-8-6-12(7-9-14)10-13(11-18)15-4-2-3-5-16(15)17/h2-9,13,18H,10-11H2,1H3. The maximum absolute atomic E-state index is 13.7. The first-order valence-electron chi connectivity index (χ1n) is 6.23. The molecule has 2 nitrogen and oxygen atoms in total. The van der Waals surface area contributed by atoms with Gasteiger partial charge in [-0.1, -0.05) is 30.3 Å². The van der Waals surface area contributed by atoms with Crippen LogP contribution in [0.4, 0.5) is 4.39 Å². The van der Waals surface area contributed by atoms with Crippen LogP contribution in [0.5, 0.6) is 5.75 Å². The molecule has 0 aromatic heterocycles. The van der Waals surface area contributed by atoms with Crippen LogP contribution in [0.25, 0.3) is 0 Å². The van der Waals surface area contributed by atoms with Crippen molar-refractivity contribution in [1.29, 1.82) is 0 Å². The zero-order valence-corrected chi connectivity index (χ0v) is 10.8. The molecular formula is C16H17FO2. The summed E-state index contributed by atoms with van der Waals surface area (Å²) in [6.45, 7) is -0.0764. The van der Waals surface area contributed by atoms with Crippen LogP contribution in [-0.2, 0) is 6.42 Å². The minimum atomic E-state index is -0.268. The molecule has 19 heavy (non-hydrogen) atoms. The predicted octanol–water partition coefficient (Wildman–Crippen LogP) is 3.15. The van der Waals surface area contributed by atoms with E-state index in [2.05, 4.69) is 0 Å². The number of rotatable bonds is 5. The maximum Gasteiger partial charge on any atom is 0.126 e. The molecule has 0 fully saturated rings. The molecule has 1 unspecified atom stereocenters. The summed E-state index contributed by atoms with van der Waals surface area (Å²) < 4.78 is 18.8. The first kappa shape index (κ1) is 13.6. The summed E-state index contributed by atoms with van der Waals surface area (Å²) in [7, 11) is 1.62. The zero-order valence-electron chi connectivity index (χ0n) is 10.8. The normalized spacial score (nSPS) is 12.2. The van der Waals surface area contributed by atoms with Crippen molar-refractivity contribution in [1.82, 2.24) is 0 Å². The van der Waals surface area contributed by atoms with Gasteiger partial charge in [0.05, 0.1) is 13.7 Å². The number of aliphatic hydroxyl groups is 1. The Kier molecular flexibility index (Phi) is 4.53. The number of methoxy groups -OCH3 is 1. The van der Waals surface area contributed by atoms with E-state index in [4.69, 9.17) is 4.74 Å². The number of hydrogen-bond acceptors (Lipinski definition) is 2. The number of ether oxygens (including phenoxy) is 1. The lowest BCUT2D eigenvalue weighted by Crippen LogP contribution is -2.09. The van der Waals surface area contributed by atoms with E-state index in [9.17, 15) is 9.50 Å². The molecule has 1 atom stereocenters. The number of hydrogen-bond donors (Lipinski definition) is 1. The summed E-state index contributed by atoms with van der Waals surface area (Å²) in [6, 6.07) is 14.2. The van der Waals surface area contributed by atoms with E-state index in [1.165, 1.54) is 6.07 Å². The van der Waals surface area contributed by atoms with Gasteiger partial charge in [0.1, 0.15) is 11.6 Å². The van der Waals surface area contributed by atoms with Gasteiger partial charge in [-0.25, -0.2) is 4.39 Å². The highest BCUT2D eigenvalue weighted by molar-refractivity contribution is 5.30. The number of aliphatic hydroxyl groups excluding tert-OH is 1. The molecule has 0 aliphatic heterocycles. The molecule has 2 rings (SSSR count). The summed E-state index contributed by atoms with van der Waals surface area (Å²) in [5.41, 5.74) is 1.60. The van der Waals surface area contributed by atoms with Crippen molar-refractivity contribution >= 4 is 0 Å². The molecule has 0 bridgehead atoms. The van der Waals surface area contributed by atoms with Crippen molar-refractivity contribution in [2.24, 2.45) is 0 Å². The van der Waals surface area contributed by atoms with Crippen molar-refractivity contribution in [2.75, 3.05) is 13.7 Å². The molecule has 100 valence electrons. The van der Waals surface area contributed by atoms with E-state index >= 15 is 0 Å². The molecule has 0 spiro atoms. The quantitative estimate of drug-likeness (QED) is 0.894. The zero-order chi connectivity index (χ0) is 13.7. The molecule has 3 heteroatoms. The lowest BCUT2D eigenvalue weighted by Gasteiger charge is -2.15. The van der Waals surface area contributed by atoms with Gasteiger partial charge < -0.3 is 9.84 Å². The van der Waals surface area contributed by atoms with Crippen molar-refractivity contribution < 1.29 is 14.2 Å². The molecule has 0 saturated carbocycles. The summed E-state index contributed by atoms with van der Waals surface area (Å²) in [4.78, 5) is 0. The summed E-state index contributed by atoms with van der Waals surface area (Å²) in [5.74, 6) is 0.292. The first-order chi connectivity index (χ1) is 9.24. The minimum Gasteiger partial charge on any atom is -0.497 e. The Morgan fingerprint density at radius 2 is 1.79 bits per heavy atom. The van der Waals surface area contributed by atoms with Gasteiger partial charge in [0.15, 0.2) is 0 Å². The van der Waals surface area contributed by atoms with E-state index in [-0.39, 0.29) is 18.3 Å². The minimum absolute atomic E-state index is 0.0764. The smallest absolute Gasteiger partial charge is 0.126 e. The highest BCUT2D eigenvalue weighted by Crippen LogP contribution is 2.24. The third-order valence-electron chi connectivity index (χ3n) is 3.21. The van der Waals surface area contributed by atoms with Gasteiger partial charge >= 0.3 is 0 Å². The molecule has 0 aliphatic carbocycles. The number of benzene rings is 2. The van der Waals surface area contributed by atoms with Crippen molar-refractivity contribution in [3.63, 3.8) is 0 Å². The fourth-order valence-electron chi connectivity index (χ4n) is 2.13. The Bertz CT molecular complexity index is 523. The van der Waals surface area contributed by atoms with Crippen LogP contribution in [0.15, 0.2) is 48.5 Å². The van der Waals surface area contributed by atoms with Crippen LogP contribution in [0.3, 0.4) is 0 Å². The van der Waals surface area contributed by atoms with Gasteiger partial charge in [0.2, 0.25) is 0 Å².